The number of aromatic nitrogens is 2. The second-order valence-corrected chi connectivity index (χ2v) is 7.02. The Morgan fingerprint density at radius 3 is 2.52 bits per heavy atom. The van der Waals surface area contributed by atoms with Crippen LogP contribution in [-0.2, 0) is 19.5 Å². The Bertz CT molecular complexity index is 457. The van der Waals surface area contributed by atoms with E-state index < -0.39 is 0 Å². The number of hydrogen-bond acceptors (Lipinski definition) is 3. The van der Waals surface area contributed by atoms with Crippen LogP contribution in [0.1, 0.15) is 38.7 Å². The minimum absolute atomic E-state index is 0.791. The van der Waals surface area contributed by atoms with Gasteiger partial charge in [-0.25, -0.2) is 4.98 Å². The minimum atomic E-state index is 0.791. The summed E-state index contributed by atoms with van der Waals surface area (Å²) in [6.45, 7) is 15.1. The first-order valence-corrected chi connectivity index (χ1v) is 8.65. The second-order valence-electron chi connectivity index (χ2n) is 7.02. The molecule has 0 aromatic carbocycles. The molecule has 1 aromatic heterocycles. The lowest BCUT2D eigenvalue weighted by molar-refractivity contribution is 0.128. The Morgan fingerprint density at radius 1 is 1.14 bits per heavy atom. The summed E-state index contributed by atoms with van der Waals surface area (Å²) in [5.74, 6) is 2.92. The molecule has 2 aliphatic heterocycles. The Balaban J connectivity index is 1.61. The third-order valence-electron chi connectivity index (χ3n) is 5.44. The number of nitrogens with zero attached hydrogens (tertiary/aromatic N) is 4. The van der Waals surface area contributed by atoms with Crippen LogP contribution in [0.3, 0.4) is 0 Å². The average molecular weight is 290 g/mol. The van der Waals surface area contributed by atoms with Crippen molar-refractivity contribution in [3.05, 3.63) is 17.7 Å². The van der Waals surface area contributed by atoms with Gasteiger partial charge < -0.3 is 9.47 Å². The zero-order valence-electron chi connectivity index (χ0n) is 13.9. The van der Waals surface area contributed by atoms with E-state index in [4.69, 9.17) is 4.98 Å². The van der Waals surface area contributed by atoms with Gasteiger partial charge in [-0.05, 0) is 31.2 Å². The predicted octanol–water partition coefficient (Wildman–Crippen LogP) is 2.24. The van der Waals surface area contributed by atoms with E-state index in [0.29, 0.717) is 0 Å². The summed E-state index contributed by atoms with van der Waals surface area (Å²) in [4.78, 5) is 9.83. The molecular weight excluding hydrogens is 260 g/mol. The van der Waals surface area contributed by atoms with Crippen LogP contribution >= 0.6 is 0 Å². The average Bonchev–Trinajstić information content (AvgIpc) is 2.90. The van der Waals surface area contributed by atoms with Crippen LogP contribution in [0.5, 0.6) is 0 Å². The van der Waals surface area contributed by atoms with Gasteiger partial charge in [0.05, 0.1) is 6.54 Å². The lowest BCUT2D eigenvalue weighted by atomic mass is 9.86. The SMILES string of the molecule is CCN1CCN(Cc2ncc3n2CCC(C(C)C)C3)CC1. The molecule has 4 nitrogen and oxygen atoms in total. The van der Waals surface area contributed by atoms with E-state index >= 15 is 0 Å². The van der Waals surface area contributed by atoms with Crippen LogP contribution in [0, 0.1) is 11.8 Å². The highest BCUT2D eigenvalue weighted by Gasteiger charge is 2.24. The van der Waals surface area contributed by atoms with Crippen molar-refractivity contribution in [3.8, 4) is 0 Å². The van der Waals surface area contributed by atoms with Crippen molar-refractivity contribution >= 4 is 0 Å². The molecule has 0 aliphatic carbocycles. The van der Waals surface area contributed by atoms with Gasteiger partial charge in [-0.1, -0.05) is 20.8 Å². The van der Waals surface area contributed by atoms with Crippen molar-refractivity contribution in [2.45, 2.75) is 46.7 Å². The fraction of sp³-hybridized carbons (Fsp3) is 0.824. The number of rotatable bonds is 4. The summed E-state index contributed by atoms with van der Waals surface area (Å²) in [7, 11) is 0. The maximum Gasteiger partial charge on any atom is 0.123 e. The summed E-state index contributed by atoms with van der Waals surface area (Å²) in [5.41, 5.74) is 1.46. The standard InChI is InChI=1S/C17H30N4/c1-4-19-7-9-20(10-8-19)13-17-18-12-16-11-15(14(2)3)5-6-21(16)17/h12,14-15H,4-11,13H2,1-3H3. The summed E-state index contributed by atoms with van der Waals surface area (Å²) in [5, 5.41) is 0. The van der Waals surface area contributed by atoms with E-state index in [-0.39, 0.29) is 0 Å². The number of piperazine rings is 1. The number of fused-ring (bicyclic) bond motifs is 1. The number of likely N-dealkylation sites (N-methyl/N-ethyl adjacent to an activating group) is 1. The second kappa shape index (κ2) is 6.49. The Hall–Kier alpha value is -0.870. The third-order valence-corrected chi connectivity index (χ3v) is 5.44. The number of imidazole rings is 1. The molecule has 0 N–H and O–H groups in total. The molecule has 118 valence electrons. The molecule has 2 aliphatic rings. The molecule has 1 unspecified atom stereocenters. The van der Waals surface area contributed by atoms with Gasteiger partial charge in [0.15, 0.2) is 0 Å². The summed E-state index contributed by atoms with van der Waals surface area (Å²) in [6, 6.07) is 0. The van der Waals surface area contributed by atoms with Gasteiger partial charge in [0.2, 0.25) is 0 Å². The van der Waals surface area contributed by atoms with Crippen molar-refractivity contribution in [1.29, 1.82) is 0 Å². The zero-order valence-corrected chi connectivity index (χ0v) is 13.9. The molecular formula is C17H30N4. The molecule has 0 saturated carbocycles. The van der Waals surface area contributed by atoms with Crippen molar-refractivity contribution in [2.24, 2.45) is 11.8 Å². The van der Waals surface area contributed by atoms with Crippen LogP contribution < -0.4 is 0 Å². The van der Waals surface area contributed by atoms with Gasteiger partial charge in [-0.15, -0.1) is 0 Å². The number of hydrogen-bond donors (Lipinski definition) is 0. The van der Waals surface area contributed by atoms with Crippen molar-refractivity contribution in [2.75, 3.05) is 32.7 Å². The zero-order chi connectivity index (χ0) is 14.8. The van der Waals surface area contributed by atoms with E-state index in [1.54, 1.807) is 0 Å². The molecule has 1 aromatic rings. The Kier molecular flexibility index (Phi) is 4.65. The molecule has 4 heteroatoms. The van der Waals surface area contributed by atoms with Crippen molar-refractivity contribution in [1.82, 2.24) is 19.4 Å². The van der Waals surface area contributed by atoms with Gasteiger partial charge in [-0.3, -0.25) is 4.90 Å². The fourth-order valence-corrected chi connectivity index (χ4v) is 3.71. The largest absolute Gasteiger partial charge is 0.331 e. The van der Waals surface area contributed by atoms with Gasteiger partial charge in [0.25, 0.3) is 0 Å². The molecule has 1 atom stereocenters. The van der Waals surface area contributed by atoms with Crippen LogP contribution in [0.15, 0.2) is 6.20 Å². The summed E-state index contributed by atoms with van der Waals surface area (Å²) in [6.07, 6.45) is 4.66. The first kappa shape index (κ1) is 15.0. The maximum atomic E-state index is 4.73. The third kappa shape index (κ3) is 3.32. The molecule has 0 spiro atoms. The summed E-state index contributed by atoms with van der Waals surface area (Å²) >= 11 is 0. The molecule has 21 heavy (non-hydrogen) atoms. The highest BCUT2D eigenvalue weighted by molar-refractivity contribution is 5.09. The van der Waals surface area contributed by atoms with Gasteiger partial charge in [-0.2, -0.15) is 0 Å². The molecule has 0 radical (unpaired) electrons. The first-order chi connectivity index (χ1) is 10.2. The van der Waals surface area contributed by atoms with Crippen LogP contribution in [0.2, 0.25) is 0 Å². The van der Waals surface area contributed by atoms with Crippen LogP contribution in [-0.4, -0.2) is 52.1 Å². The molecule has 0 amide bonds. The highest BCUT2D eigenvalue weighted by Crippen LogP contribution is 2.27. The molecule has 1 fully saturated rings. The van der Waals surface area contributed by atoms with Crippen molar-refractivity contribution in [3.63, 3.8) is 0 Å². The van der Waals surface area contributed by atoms with Gasteiger partial charge in [0.1, 0.15) is 5.82 Å². The van der Waals surface area contributed by atoms with Gasteiger partial charge >= 0.3 is 0 Å². The van der Waals surface area contributed by atoms with Crippen molar-refractivity contribution < 1.29 is 0 Å². The fourth-order valence-electron chi connectivity index (χ4n) is 3.71. The first-order valence-electron chi connectivity index (χ1n) is 8.65. The smallest absolute Gasteiger partial charge is 0.123 e. The van der Waals surface area contributed by atoms with E-state index in [1.165, 1.54) is 63.6 Å². The summed E-state index contributed by atoms with van der Waals surface area (Å²) < 4.78 is 2.49. The molecule has 0 bridgehead atoms. The molecule has 3 heterocycles. The Labute approximate surface area is 129 Å². The van der Waals surface area contributed by atoms with E-state index in [1.807, 2.05) is 0 Å². The highest BCUT2D eigenvalue weighted by atomic mass is 15.3. The Morgan fingerprint density at radius 2 is 1.86 bits per heavy atom. The minimum Gasteiger partial charge on any atom is -0.331 e. The maximum absolute atomic E-state index is 4.73. The lowest BCUT2D eigenvalue weighted by Gasteiger charge is -2.34. The monoisotopic (exact) mass is 290 g/mol. The van der Waals surface area contributed by atoms with E-state index in [9.17, 15) is 0 Å². The molecule has 3 rings (SSSR count). The molecule has 1 saturated heterocycles. The topological polar surface area (TPSA) is 24.3 Å². The lowest BCUT2D eigenvalue weighted by Crippen LogP contribution is -2.46. The van der Waals surface area contributed by atoms with E-state index in [0.717, 1.165) is 18.4 Å². The quantitative estimate of drug-likeness (QED) is 0.850. The van der Waals surface area contributed by atoms with E-state index in [2.05, 4.69) is 41.3 Å². The van der Waals surface area contributed by atoms with Crippen LogP contribution in [0.25, 0.3) is 0 Å². The predicted molar refractivity (Wildman–Crippen MR) is 86.3 cm³/mol. The normalized spacial score (nSPS) is 24.5. The van der Waals surface area contributed by atoms with Gasteiger partial charge in [0, 0.05) is 44.6 Å². The van der Waals surface area contributed by atoms with Crippen LogP contribution in [0.4, 0.5) is 0 Å².